The summed E-state index contributed by atoms with van der Waals surface area (Å²) in [5, 5.41) is 0. The van der Waals surface area contributed by atoms with Gasteiger partial charge in [0, 0.05) is 32.9 Å². The summed E-state index contributed by atoms with van der Waals surface area (Å²) in [6.07, 6.45) is 1.14. The lowest BCUT2D eigenvalue weighted by molar-refractivity contribution is -0.120. The number of hydrogen-bond donors (Lipinski definition) is 0. The highest BCUT2D eigenvalue weighted by Crippen LogP contribution is 2.39. The smallest absolute Gasteiger partial charge is 0.282 e. The number of aryl methyl sites for hydroxylation is 2. The Morgan fingerprint density at radius 1 is 0.906 bits per heavy atom. The van der Waals surface area contributed by atoms with Crippen LogP contribution in [0.1, 0.15) is 37.0 Å². The fourth-order valence-electron chi connectivity index (χ4n) is 5.14. The minimum atomic E-state index is -0.237. The maximum Gasteiger partial charge on any atom is 0.282 e. The van der Waals surface area contributed by atoms with Crippen molar-refractivity contribution in [1.82, 2.24) is 4.90 Å². The number of carbonyl (C=O) groups is 2. The molecular formula is C27H33N3O2. The first kappa shape index (κ1) is 22.1. The van der Waals surface area contributed by atoms with Gasteiger partial charge in [-0.1, -0.05) is 43.7 Å². The maximum absolute atomic E-state index is 13.9. The first-order valence-corrected chi connectivity index (χ1v) is 11.4. The molecule has 5 heteroatoms. The molecule has 2 aliphatic heterocycles. The van der Waals surface area contributed by atoms with Gasteiger partial charge in [-0.2, -0.15) is 0 Å². The number of rotatable bonds is 4. The number of carbonyl (C=O) groups excluding carboxylic acids is 2. The van der Waals surface area contributed by atoms with Crippen molar-refractivity contribution >= 4 is 28.8 Å². The molecular weight excluding hydrogens is 398 g/mol. The van der Waals surface area contributed by atoms with Crippen molar-refractivity contribution in [1.29, 1.82) is 0 Å². The largest absolute Gasteiger partial charge is 0.378 e. The Morgan fingerprint density at radius 3 is 2.22 bits per heavy atom. The van der Waals surface area contributed by atoms with Crippen LogP contribution in [0.25, 0.3) is 5.57 Å². The number of piperidine rings is 1. The summed E-state index contributed by atoms with van der Waals surface area (Å²) in [6.45, 7) is 10.1. The Balaban J connectivity index is 1.86. The quantitative estimate of drug-likeness (QED) is 0.662. The number of likely N-dealkylation sites (tertiary alicyclic amines) is 1. The molecule has 32 heavy (non-hydrogen) atoms. The zero-order valence-electron chi connectivity index (χ0n) is 20.0. The van der Waals surface area contributed by atoms with Crippen LogP contribution in [-0.4, -0.2) is 43.9 Å². The van der Waals surface area contributed by atoms with Gasteiger partial charge < -0.3 is 9.80 Å². The number of benzene rings is 2. The van der Waals surface area contributed by atoms with E-state index in [1.807, 2.05) is 69.2 Å². The topological polar surface area (TPSA) is 43.9 Å². The highest BCUT2D eigenvalue weighted by atomic mass is 16.2. The number of amides is 2. The van der Waals surface area contributed by atoms with E-state index in [9.17, 15) is 9.59 Å². The summed E-state index contributed by atoms with van der Waals surface area (Å²) < 4.78 is 0. The van der Waals surface area contributed by atoms with Crippen molar-refractivity contribution in [3.05, 3.63) is 64.9 Å². The van der Waals surface area contributed by atoms with E-state index in [1.54, 1.807) is 0 Å². The molecule has 2 aromatic carbocycles. The molecule has 2 aromatic rings. The molecule has 2 aliphatic rings. The van der Waals surface area contributed by atoms with Crippen LogP contribution in [0.5, 0.6) is 0 Å². The lowest BCUT2D eigenvalue weighted by Gasteiger charge is -2.37. The maximum atomic E-state index is 13.9. The molecule has 2 unspecified atom stereocenters. The highest BCUT2D eigenvalue weighted by Gasteiger charge is 2.44. The van der Waals surface area contributed by atoms with Crippen LogP contribution in [-0.2, 0) is 9.59 Å². The predicted octanol–water partition coefficient (Wildman–Crippen LogP) is 4.63. The van der Waals surface area contributed by atoms with Crippen LogP contribution in [0, 0.1) is 25.7 Å². The van der Waals surface area contributed by atoms with E-state index in [-0.39, 0.29) is 11.8 Å². The van der Waals surface area contributed by atoms with Gasteiger partial charge in [-0.25, -0.2) is 4.90 Å². The van der Waals surface area contributed by atoms with E-state index in [1.165, 1.54) is 4.90 Å². The molecule has 5 nitrogen and oxygen atoms in total. The lowest BCUT2D eigenvalue weighted by Crippen LogP contribution is -2.42. The van der Waals surface area contributed by atoms with Crippen molar-refractivity contribution in [2.45, 2.75) is 34.1 Å². The molecule has 1 saturated heterocycles. The predicted molar refractivity (Wildman–Crippen MR) is 131 cm³/mol. The number of nitrogens with zero attached hydrogens (tertiary/aromatic N) is 3. The second-order valence-corrected chi connectivity index (χ2v) is 9.75. The van der Waals surface area contributed by atoms with Crippen LogP contribution in [0.3, 0.4) is 0 Å². The van der Waals surface area contributed by atoms with Gasteiger partial charge >= 0.3 is 0 Å². The van der Waals surface area contributed by atoms with Gasteiger partial charge in [-0.15, -0.1) is 0 Å². The van der Waals surface area contributed by atoms with Gasteiger partial charge in [0.1, 0.15) is 5.70 Å². The van der Waals surface area contributed by atoms with E-state index in [0.717, 1.165) is 41.9 Å². The van der Waals surface area contributed by atoms with E-state index >= 15 is 0 Å². The SMILES string of the molecule is Cc1ccc(C2=C(N3CC(C)CC(C)C3)C(=O)N(c3cccc(N(C)C)c3)C2=O)c(C)c1. The first-order chi connectivity index (χ1) is 15.2. The molecule has 0 radical (unpaired) electrons. The van der Waals surface area contributed by atoms with Crippen LogP contribution in [0.15, 0.2) is 48.2 Å². The molecule has 4 rings (SSSR count). The molecule has 2 heterocycles. The molecule has 168 valence electrons. The summed E-state index contributed by atoms with van der Waals surface area (Å²) in [5.41, 5.74) is 5.65. The Hall–Kier alpha value is -3.08. The summed E-state index contributed by atoms with van der Waals surface area (Å²) in [4.78, 5) is 33.2. The molecule has 0 saturated carbocycles. The fourth-order valence-corrected chi connectivity index (χ4v) is 5.14. The molecule has 0 aliphatic carbocycles. The third kappa shape index (κ3) is 3.92. The second kappa shape index (κ2) is 8.45. The van der Waals surface area contributed by atoms with Gasteiger partial charge in [0.25, 0.3) is 11.8 Å². The molecule has 0 N–H and O–H groups in total. The van der Waals surface area contributed by atoms with Gasteiger partial charge in [0.15, 0.2) is 0 Å². The Labute approximate surface area is 191 Å². The molecule has 0 bridgehead atoms. The van der Waals surface area contributed by atoms with Crippen LogP contribution >= 0.6 is 0 Å². The van der Waals surface area contributed by atoms with Gasteiger partial charge in [-0.05, 0) is 61.4 Å². The summed E-state index contributed by atoms with van der Waals surface area (Å²) in [7, 11) is 3.90. The van der Waals surface area contributed by atoms with Gasteiger partial charge in [-0.3, -0.25) is 9.59 Å². The van der Waals surface area contributed by atoms with Crippen LogP contribution < -0.4 is 9.80 Å². The van der Waals surface area contributed by atoms with E-state index in [0.29, 0.717) is 28.8 Å². The minimum Gasteiger partial charge on any atom is -0.378 e. The molecule has 1 fully saturated rings. The van der Waals surface area contributed by atoms with Gasteiger partial charge in [0.2, 0.25) is 0 Å². The minimum absolute atomic E-state index is 0.220. The highest BCUT2D eigenvalue weighted by molar-refractivity contribution is 6.45. The summed E-state index contributed by atoms with van der Waals surface area (Å²) >= 11 is 0. The van der Waals surface area contributed by atoms with E-state index in [2.05, 4.69) is 24.8 Å². The second-order valence-electron chi connectivity index (χ2n) is 9.75. The van der Waals surface area contributed by atoms with Crippen LogP contribution in [0.4, 0.5) is 11.4 Å². The standard InChI is InChI=1S/C27H33N3O2/c1-17-10-11-23(20(4)13-17)24-25(29-15-18(2)12-19(3)16-29)27(32)30(26(24)31)22-9-7-8-21(14-22)28(5)6/h7-11,13-14,18-19H,12,15-16H2,1-6H3. The van der Waals surface area contributed by atoms with Gasteiger partial charge in [0.05, 0.1) is 11.3 Å². The van der Waals surface area contributed by atoms with Crippen molar-refractivity contribution in [2.75, 3.05) is 37.0 Å². The van der Waals surface area contributed by atoms with Crippen molar-refractivity contribution in [2.24, 2.45) is 11.8 Å². The zero-order valence-corrected chi connectivity index (χ0v) is 20.0. The fraction of sp³-hybridized carbons (Fsp3) is 0.407. The normalized spacial score (nSPS) is 21.6. The Kier molecular flexibility index (Phi) is 5.85. The third-order valence-electron chi connectivity index (χ3n) is 6.50. The summed E-state index contributed by atoms with van der Waals surface area (Å²) in [6, 6.07) is 13.7. The molecule has 0 aromatic heterocycles. The molecule has 0 spiro atoms. The molecule has 2 atom stereocenters. The number of anilines is 2. The third-order valence-corrected chi connectivity index (χ3v) is 6.50. The Morgan fingerprint density at radius 2 is 1.59 bits per heavy atom. The number of imide groups is 1. The van der Waals surface area contributed by atoms with Crippen molar-refractivity contribution in [3.8, 4) is 0 Å². The monoisotopic (exact) mass is 431 g/mol. The average Bonchev–Trinajstić information content (AvgIpc) is 2.97. The average molecular weight is 432 g/mol. The molecule has 2 amide bonds. The van der Waals surface area contributed by atoms with Crippen molar-refractivity contribution < 1.29 is 9.59 Å². The van der Waals surface area contributed by atoms with Crippen LogP contribution in [0.2, 0.25) is 0 Å². The van der Waals surface area contributed by atoms with Crippen molar-refractivity contribution in [3.63, 3.8) is 0 Å². The Bertz CT molecular complexity index is 1090. The van der Waals surface area contributed by atoms with E-state index < -0.39 is 0 Å². The van der Waals surface area contributed by atoms with E-state index in [4.69, 9.17) is 0 Å². The zero-order chi connectivity index (χ0) is 23.2. The lowest BCUT2D eigenvalue weighted by atomic mass is 9.90. The summed E-state index contributed by atoms with van der Waals surface area (Å²) in [5.74, 6) is 0.488. The number of hydrogen-bond acceptors (Lipinski definition) is 4. The first-order valence-electron chi connectivity index (χ1n) is 11.4.